The van der Waals surface area contributed by atoms with Crippen molar-refractivity contribution in [2.45, 2.75) is 26.8 Å². The van der Waals surface area contributed by atoms with E-state index in [-0.39, 0.29) is 23.3 Å². The lowest BCUT2D eigenvalue weighted by Crippen LogP contribution is -2.47. The second-order valence-corrected chi connectivity index (χ2v) is 7.56. The smallest absolute Gasteiger partial charge is 0.161 e. The van der Waals surface area contributed by atoms with Crippen LogP contribution < -0.4 is 4.90 Å². The molecule has 1 atom stereocenters. The SMILES string of the molecule is CC(=O)c1cc(F)c(C)cc1N1CCS(=O)(=O)CC1C. The maximum atomic E-state index is 13.6. The lowest BCUT2D eigenvalue weighted by Gasteiger charge is -2.36. The Morgan fingerprint density at radius 3 is 2.60 bits per heavy atom. The quantitative estimate of drug-likeness (QED) is 0.783. The monoisotopic (exact) mass is 299 g/mol. The molecule has 0 saturated carbocycles. The van der Waals surface area contributed by atoms with E-state index in [0.717, 1.165) is 0 Å². The first-order chi connectivity index (χ1) is 9.21. The van der Waals surface area contributed by atoms with Gasteiger partial charge >= 0.3 is 0 Å². The van der Waals surface area contributed by atoms with Gasteiger partial charge in [-0.05, 0) is 38.5 Å². The molecule has 1 unspecified atom stereocenters. The van der Waals surface area contributed by atoms with Gasteiger partial charge in [0.25, 0.3) is 0 Å². The molecule has 1 aromatic carbocycles. The van der Waals surface area contributed by atoms with Crippen molar-refractivity contribution in [3.8, 4) is 0 Å². The summed E-state index contributed by atoms with van der Waals surface area (Å²) in [5.41, 5.74) is 1.38. The first kappa shape index (κ1) is 15.0. The number of nitrogens with zero attached hydrogens (tertiary/aromatic N) is 1. The molecule has 1 saturated heterocycles. The first-order valence-corrected chi connectivity index (χ1v) is 8.31. The summed E-state index contributed by atoms with van der Waals surface area (Å²) >= 11 is 0. The Kier molecular flexibility index (Phi) is 3.86. The van der Waals surface area contributed by atoms with Gasteiger partial charge in [-0.3, -0.25) is 4.79 Å². The Hall–Kier alpha value is -1.43. The van der Waals surface area contributed by atoms with Crippen LogP contribution in [0.2, 0.25) is 0 Å². The molecule has 1 aliphatic rings. The molecular formula is C14H18FNO3S. The number of rotatable bonds is 2. The zero-order valence-electron chi connectivity index (χ0n) is 11.8. The highest BCUT2D eigenvalue weighted by Gasteiger charge is 2.30. The lowest BCUT2D eigenvalue weighted by atomic mass is 10.0. The van der Waals surface area contributed by atoms with Gasteiger partial charge in [0, 0.05) is 23.8 Å². The van der Waals surface area contributed by atoms with E-state index >= 15 is 0 Å². The predicted octanol–water partition coefficient (Wildman–Crippen LogP) is 1.96. The Balaban J connectivity index is 2.47. The summed E-state index contributed by atoms with van der Waals surface area (Å²) in [6.45, 7) is 5.15. The van der Waals surface area contributed by atoms with Gasteiger partial charge in [0.1, 0.15) is 5.82 Å². The maximum Gasteiger partial charge on any atom is 0.161 e. The van der Waals surface area contributed by atoms with Crippen LogP contribution in [0.25, 0.3) is 0 Å². The fourth-order valence-electron chi connectivity index (χ4n) is 2.54. The Bertz CT molecular complexity index is 655. The molecule has 0 N–H and O–H groups in total. The minimum absolute atomic E-state index is 0.0563. The number of sulfone groups is 1. The van der Waals surface area contributed by atoms with Crippen LogP contribution in [0.1, 0.15) is 29.8 Å². The number of carbonyl (C=O) groups is 1. The summed E-state index contributed by atoms with van der Waals surface area (Å²) in [5, 5.41) is 0. The molecule has 110 valence electrons. The van der Waals surface area contributed by atoms with Crippen LogP contribution in [0.3, 0.4) is 0 Å². The minimum Gasteiger partial charge on any atom is -0.366 e. The van der Waals surface area contributed by atoms with Crippen molar-refractivity contribution in [3.63, 3.8) is 0 Å². The third-order valence-electron chi connectivity index (χ3n) is 3.64. The summed E-state index contributed by atoms with van der Waals surface area (Å²) in [5.74, 6) is -0.526. The highest BCUT2D eigenvalue weighted by molar-refractivity contribution is 7.91. The number of hydrogen-bond acceptors (Lipinski definition) is 4. The van der Waals surface area contributed by atoms with Crippen LogP contribution in [0.4, 0.5) is 10.1 Å². The van der Waals surface area contributed by atoms with Gasteiger partial charge in [-0.25, -0.2) is 12.8 Å². The van der Waals surface area contributed by atoms with E-state index < -0.39 is 15.7 Å². The third-order valence-corrected chi connectivity index (χ3v) is 5.43. The molecule has 1 heterocycles. The van der Waals surface area contributed by atoms with E-state index in [1.807, 2.05) is 4.90 Å². The van der Waals surface area contributed by atoms with E-state index in [1.54, 1.807) is 19.9 Å². The summed E-state index contributed by atoms with van der Waals surface area (Å²) in [6, 6.07) is 2.64. The highest BCUT2D eigenvalue weighted by atomic mass is 32.2. The van der Waals surface area contributed by atoms with Crippen molar-refractivity contribution >= 4 is 21.3 Å². The summed E-state index contributed by atoms with van der Waals surface area (Å²) in [6.07, 6.45) is 0. The molecule has 6 heteroatoms. The van der Waals surface area contributed by atoms with Gasteiger partial charge in [0.15, 0.2) is 15.6 Å². The summed E-state index contributed by atoms with van der Waals surface area (Å²) < 4.78 is 36.9. The van der Waals surface area contributed by atoms with Crippen LogP contribution in [-0.4, -0.2) is 38.3 Å². The van der Waals surface area contributed by atoms with Crippen LogP contribution in [0, 0.1) is 12.7 Å². The van der Waals surface area contributed by atoms with Gasteiger partial charge in [-0.1, -0.05) is 0 Å². The van der Waals surface area contributed by atoms with Crippen LogP contribution in [0.15, 0.2) is 12.1 Å². The van der Waals surface area contributed by atoms with E-state index in [1.165, 1.54) is 13.0 Å². The lowest BCUT2D eigenvalue weighted by molar-refractivity contribution is 0.101. The number of ketones is 1. The van der Waals surface area contributed by atoms with E-state index in [4.69, 9.17) is 0 Å². The Morgan fingerprint density at radius 2 is 2.05 bits per heavy atom. The van der Waals surface area contributed by atoms with Crippen molar-refractivity contribution in [1.82, 2.24) is 0 Å². The second kappa shape index (κ2) is 5.16. The van der Waals surface area contributed by atoms with Gasteiger partial charge in [0.2, 0.25) is 0 Å². The Morgan fingerprint density at radius 1 is 1.40 bits per heavy atom. The number of halogens is 1. The third kappa shape index (κ3) is 2.85. The maximum absolute atomic E-state index is 13.6. The van der Waals surface area contributed by atoms with Gasteiger partial charge in [-0.2, -0.15) is 0 Å². The first-order valence-electron chi connectivity index (χ1n) is 6.49. The van der Waals surface area contributed by atoms with Crippen LogP contribution >= 0.6 is 0 Å². The normalized spacial score (nSPS) is 21.8. The zero-order valence-corrected chi connectivity index (χ0v) is 12.6. The highest BCUT2D eigenvalue weighted by Crippen LogP contribution is 2.28. The van der Waals surface area contributed by atoms with Crippen molar-refractivity contribution in [2.75, 3.05) is 23.0 Å². The molecule has 1 fully saturated rings. The fraction of sp³-hybridized carbons (Fsp3) is 0.500. The topological polar surface area (TPSA) is 54.5 Å². The van der Waals surface area contributed by atoms with Crippen molar-refractivity contribution < 1.29 is 17.6 Å². The number of Topliss-reactive ketones (excluding diaryl/α,β-unsaturated/α-hetero) is 1. The minimum atomic E-state index is -3.02. The zero-order chi connectivity index (χ0) is 15.1. The van der Waals surface area contributed by atoms with Crippen molar-refractivity contribution in [2.24, 2.45) is 0 Å². The van der Waals surface area contributed by atoms with E-state index in [9.17, 15) is 17.6 Å². The summed E-state index contributed by atoms with van der Waals surface area (Å²) in [4.78, 5) is 13.6. The van der Waals surface area contributed by atoms with E-state index in [0.29, 0.717) is 23.4 Å². The molecular weight excluding hydrogens is 281 g/mol. The van der Waals surface area contributed by atoms with Crippen molar-refractivity contribution in [1.29, 1.82) is 0 Å². The molecule has 0 amide bonds. The average molecular weight is 299 g/mol. The predicted molar refractivity (Wildman–Crippen MR) is 76.6 cm³/mol. The molecule has 2 rings (SSSR count). The Labute approximate surface area is 118 Å². The second-order valence-electron chi connectivity index (χ2n) is 5.33. The number of carbonyl (C=O) groups excluding carboxylic acids is 1. The molecule has 1 aliphatic heterocycles. The van der Waals surface area contributed by atoms with Gasteiger partial charge < -0.3 is 4.90 Å². The van der Waals surface area contributed by atoms with Crippen LogP contribution in [0.5, 0.6) is 0 Å². The molecule has 0 spiro atoms. The molecule has 4 nitrogen and oxygen atoms in total. The summed E-state index contributed by atoms with van der Waals surface area (Å²) in [7, 11) is -3.02. The standard InChI is InChI=1S/C14H18FNO3S/c1-9-6-14(12(11(3)17)7-13(9)15)16-4-5-20(18,19)8-10(16)2/h6-7,10H,4-5,8H2,1-3H3. The van der Waals surface area contributed by atoms with Gasteiger partial charge in [0.05, 0.1) is 11.5 Å². The average Bonchev–Trinajstić information content (AvgIpc) is 2.31. The number of hydrogen-bond donors (Lipinski definition) is 0. The molecule has 0 bridgehead atoms. The molecule has 0 aromatic heterocycles. The molecule has 1 aromatic rings. The van der Waals surface area contributed by atoms with Crippen LogP contribution in [-0.2, 0) is 9.84 Å². The largest absolute Gasteiger partial charge is 0.366 e. The molecule has 20 heavy (non-hydrogen) atoms. The number of anilines is 1. The van der Waals surface area contributed by atoms with Gasteiger partial charge in [-0.15, -0.1) is 0 Å². The molecule has 0 aliphatic carbocycles. The fourth-order valence-corrected chi connectivity index (χ4v) is 4.10. The number of benzene rings is 1. The molecule has 0 radical (unpaired) electrons. The number of aryl methyl sites for hydroxylation is 1. The van der Waals surface area contributed by atoms with Crippen molar-refractivity contribution in [3.05, 3.63) is 29.1 Å². The van der Waals surface area contributed by atoms with E-state index in [2.05, 4.69) is 0 Å².